The molecule has 1 heterocycles. The van der Waals surface area contributed by atoms with Crippen molar-refractivity contribution >= 4 is 5.96 Å². The Morgan fingerprint density at radius 2 is 2.40 bits per heavy atom. The predicted octanol–water partition coefficient (Wildman–Crippen LogP) is 0.215. The molecule has 10 heavy (non-hydrogen) atoms. The standard InChI is InChI=1S/C7H13N3/c8-7-9-5-2-1-3-6(4-5)10-7/h5-6H,1-4H2,(H3,8,9,10). The van der Waals surface area contributed by atoms with E-state index in [0.717, 1.165) is 0 Å². The van der Waals surface area contributed by atoms with Crippen molar-refractivity contribution in [2.45, 2.75) is 37.8 Å². The molecule has 2 bridgehead atoms. The second-order valence-electron chi connectivity index (χ2n) is 3.18. The van der Waals surface area contributed by atoms with Gasteiger partial charge in [0.2, 0.25) is 0 Å². The Kier molecular flexibility index (Phi) is 1.29. The highest BCUT2D eigenvalue weighted by Crippen LogP contribution is 2.23. The van der Waals surface area contributed by atoms with E-state index in [2.05, 4.69) is 10.3 Å². The van der Waals surface area contributed by atoms with Crippen molar-refractivity contribution in [3.05, 3.63) is 0 Å². The first-order valence-corrected chi connectivity index (χ1v) is 3.94. The van der Waals surface area contributed by atoms with Gasteiger partial charge < -0.3 is 11.1 Å². The molecule has 2 atom stereocenters. The van der Waals surface area contributed by atoms with Crippen LogP contribution >= 0.6 is 0 Å². The van der Waals surface area contributed by atoms with E-state index in [1.54, 1.807) is 0 Å². The molecule has 0 spiro atoms. The fraction of sp³-hybridized carbons (Fsp3) is 0.857. The van der Waals surface area contributed by atoms with Crippen LogP contribution in [0.2, 0.25) is 0 Å². The summed E-state index contributed by atoms with van der Waals surface area (Å²) in [7, 11) is 0. The molecular formula is C7H13N3. The van der Waals surface area contributed by atoms with Crippen molar-refractivity contribution in [3.8, 4) is 0 Å². The van der Waals surface area contributed by atoms with E-state index in [1.807, 2.05) is 0 Å². The average molecular weight is 139 g/mol. The first kappa shape index (κ1) is 6.01. The van der Waals surface area contributed by atoms with E-state index in [-0.39, 0.29) is 0 Å². The lowest BCUT2D eigenvalue weighted by atomic mass is 9.90. The van der Waals surface area contributed by atoms with E-state index >= 15 is 0 Å². The molecule has 0 amide bonds. The second-order valence-corrected chi connectivity index (χ2v) is 3.18. The molecule has 1 aliphatic carbocycles. The van der Waals surface area contributed by atoms with E-state index in [1.165, 1.54) is 25.7 Å². The Labute approximate surface area is 60.7 Å². The Morgan fingerprint density at radius 1 is 1.50 bits per heavy atom. The van der Waals surface area contributed by atoms with E-state index in [4.69, 9.17) is 5.73 Å². The Morgan fingerprint density at radius 3 is 3.20 bits per heavy atom. The van der Waals surface area contributed by atoms with Gasteiger partial charge in [0.1, 0.15) is 0 Å². The zero-order valence-corrected chi connectivity index (χ0v) is 6.01. The summed E-state index contributed by atoms with van der Waals surface area (Å²) in [6.45, 7) is 0. The minimum absolute atomic E-state index is 0.528. The van der Waals surface area contributed by atoms with Gasteiger partial charge in [0.05, 0.1) is 6.04 Å². The van der Waals surface area contributed by atoms with Crippen molar-refractivity contribution in [1.29, 1.82) is 0 Å². The van der Waals surface area contributed by atoms with Gasteiger partial charge in [-0.25, -0.2) is 0 Å². The largest absolute Gasteiger partial charge is 0.370 e. The minimum atomic E-state index is 0.528. The zero-order valence-electron chi connectivity index (χ0n) is 6.01. The third-order valence-electron chi connectivity index (χ3n) is 2.32. The fourth-order valence-corrected chi connectivity index (χ4v) is 1.86. The smallest absolute Gasteiger partial charge is 0.189 e. The van der Waals surface area contributed by atoms with Crippen LogP contribution in [0.5, 0.6) is 0 Å². The number of fused-ring (bicyclic) bond motifs is 2. The molecule has 0 saturated heterocycles. The highest BCUT2D eigenvalue weighted by atomic mass is 15.2. The quantitative estimate of drug-likeness (QED) is 0.504. The third kappa shape index (κ3) is 0.958. The van der Waals surface area contributed by atoms with Crippen LogP contribution in [0.15, 0.2) is 4.99 Å². The van der Waals surface area contributed by atoms with E-state index in [9.17, 15) is 0 Å². The second kappa shape index (κ2) is 2.15. The summed E-state index contributed by atoms with van der Waals surface area (Å²) in [6.07, 6.45) is 5.01. The van der Waals surface area contributed by atoms with Crippen molar-refractivity contribution in [2.75, 3.05) is 0 Å². The van der Waals surface area contributed by atoms with Crippen LogP contribution in [0.4, 0.5) is 0 Å². The van der Waals surface area contributed by atoms with Crippen molar-refractivity contribution in [1.82, 2.24) is 5.32 Å². The first-order chi connectivity index (χ1) is 4.84. The molecule has 0 aromatic carbocycles. The minimum Gasteiger partial charge on any atom is -0.370 e. The van der Waals surface area contributed by atoms with Gasteiger partial charge in [0.15, 0.2) is 5.96 Å². The topological polar surface area (TPSA) is 50.4 Å². The van der Waals surface area contributed by atoms with Crippen LogP contribution < -0.4 is 11.1 Å². The van der Waals surface area contributed by atoms with Crippen molar-refractivity contribution in [2.24, 2.45) is 10.7 Å². The third-order valence-corrected chi connectivity index (χ3v) is 2.32. The number of nitrogens with one attached hydrogen (secondary N) is 1. The van der Waals surface area contributed by atoms with Crippen molar-refractivity contribution in [3.63, 3.8) is 0 Å². The van der Waals surface area contributed by atoms with Gasteiger partial charge in [-0.1, -0.05) is 0 Å². The molecule has 1 saturated carbocycles. The number of guanidine groups is 1. The van der Waals surface area contributed by atoms with Gasteiger partial charge in [-0.15, -0.1) is 0 Å². The van der Waals surface area contributed by atoms with E-state index in [0.29, 0.717) is 18.0 Å². The van der Waals surface area contributed by atoms with Gasteiger partial charge in [0, 0.05) is 6.04 Å². The molecule has 0 radical (unpaired) electrons. The summed E-state index contributed by atoms with van der Waals surface area (Å²) in [6, 6.07) is 1.15. The maximum atomic E-state index is 5.56. The van der Waals surface area contributed by atoms with Crippen LogP contribution in [0.1, 0.15) is 25.7 Å². The van der Waals surface area contributed by atoms with Crippen LogP contribution in [0.3, 0.4) is 0 Å². The van der Waals surface area contributed by atoms with Gasteiger partial charge in [-0.2, -0.15) is 0 Å². The maximum absolute atomic E-state index is 5.56. The Hall–Kier alpha value is -0.730. The highest BCUT2D eigenvalue weighted by molar-refractivity contribution is 5.79. The van der Waals surface area contributed by atoms with Gasteiger partial charge in [0.25, 0.3) is 0 Å². The Bertz CT molecular complexity index is 164. The maximum Gasteiger partial charge on any atom is 0.189 e. The first-order valence-electron chi connectivity index (χ1n) is 3.94. The summed E-state index contributed by atoms with van der Waals surface area (Å²) in [4.78, 5) is 4.29. The average Bonchev–Trinajstić information content (AvgIpc) is 1.85. The molecule has 3 heteroatoms. The van der Waals surface area contributed by atoms with Crippen LogP contribution in [0, 0.1) is 0 Å². The molecule has 2 unspecified atom stereocenters. The molecule has 56 valence electrons. The van der Waals surface area contributed by atoms with Crippen LogP contribution in [-0.4, -0.2) is 18.0 Å². The molecule has 0 aromatic heterocycles. The SMILES string of the molecule is NC1=NC2CCCC(C2)N1. The predicted molar refractivity (Wildman–Crippen MR) is 40.8 cm³/mol. The lowest BCUT2D eigenvalue weighted by Crippen LogP contribution is -2.48. The lowest BCUT2D eigenvalue weighted by Gasteiger charge is -2.32. The lowest BCUT2D eigenvalue weighted by molar-refractivity contribution is 0.351. The molecule has 1 fully saturated rings. The number of hydrogen-bond acceptors (Lipinski definition) is 3. The zero-order chi connectivity index (χ0) is 6.97. The molecular weight excluding hydrogens is 126 g/mol. The summed E-state index contributed by atoms with van der Waals surface area (Å²) in [5.74, 6) is 0.654. The Balaban J connectivity index is 2.14. The van der Waals surface area contributed by atoms with Gasteiger partial charge in [-0.3, -0.25) is 4.99 Å². The van der Waals surface area contributed by atoms with Crippen molar-refractivity contribution < 1.29 is 0 Å². The van der Waals surface area contributed by atoms with Gasteiger partial charge >= 0.3 is 0 Å². The molecule has 2 aliphatic rings. The number of nitrogens with zero attached hydrogens (tertiary/aromatic N) is 1. The molecule has 0 aromatic rings. The highest BCUT2D eigenvalue weighted by Gasteiger charge is 2.25. The number of nitrogens with two attached hydrogens (primary N) is 1. The monoisotopic (exact) mass is 139 g/mol. The molecule has 3 nitrogen and oxygen atoms in total. The van der Waals surface area contributed by atoms with Crippen LogP contribution in [-0.2, 0) is 0 Å². The summed E-state index contributed by atoms with van der Waals surface area (Å²) < 4.78 is 0. The van der Waals surface area contributed by atoms with Gasteiger partial charge in [-0.05, 0) is 25.7 Å². The molecule has 2 rings (SSSR count). The summed E-state index contributed by atoms with van der Waals surface area (Å²) >= 11 is 0. The molecule has 3 N–H and O–H groups in total. The number of rotatable bonds is 0. The fourth-order valence-electron chi connectivity index (χ4n) is 1.86. The molecule has 1 aliphatic heterocycles. The number of aliphatic imine (C=N–C) groups is 1. The van der Waals surface area contributed by atoms with E-state index < -0.39 is 0 Å². The number of hydrogen-bond donors (Lipinski definition) is 2. The summed E-state index contributed by atoms with van der Waals surface area (Å²) in [5, 5.41) is 3.18. The summed E-state index contributed by atoms with van der Waals surface area (Å²) in [5.41, 5.74) is 5.56. The van der Waals surface area contributed by atoms with Crippen LogP contribution in [0.25, 0.3) is 0 Å². The normalized spacial score (nSPS) is 38.2.